The summed E-state index contributed by atoms with van der Waals surface area (Å²) in [6, 6.07) is 19.9. The minimum Gasteiger partial charge on any atom is -0.488 e. The van der Waals surface area contributed by atoms with Crippen LogP contribution in [0.1, 0.15) is 21.5 Å². The number of benzene rings is 3. The van der Waals surface area contributed by atoms with Gasteiger partial charge in [-0.1, -0.05) is 48.0 Å². The molecular weight excluding hydrogens is 392 g/mol. The highest BCUT2D eigenvalue weighted by atomic mass is 32.2. The first-order valence-electron chi connectivity index (χ1n) is 8.79. The van der Waals surface area contributed by atoms with E-state index in [9.17, 15) is 13.2 Å². The molecule has 0 aliphatic heterocycles. The molecule has 3 rings (SSSR count). The van der Waals surface area contributed by atoms with Crippen molar-refractivity contribution >= 4 is 16.1 Å². The van der Waals surface area contributed by atoms with Gasteiger partial charge >= 0.3 is 16.1 Å². The topological polar surface area (TPSA) is 78.9 Å². The van der Waals surface area contributed by atoms with Crippen LogP contribution in [0.25, 0.3) is 0 Å². The predicted molar refractivity (Wildman–Crippen MR) is 108 cm³/mol. The van der Waals surface area contributed by atoms with E-state index in [4.69, 9.17) is 13.7 Å². The molecule has 3 aromatic rings. The van der Waals surface area contributed by atoms with Crippen LogP contribution < -0.4 is 8.92 Å². The quantitative estimate of drug-likeness (QED) is 0.429. The maximum atomic E-state index is 12.5. The molecule has 0 aliphatic rings. The Labute approximate surface area is 169 Å². The molecular formula is C22H20O6S. The Kier molecular flexibility index (Phi) is 6.19. The van der Waals surface area contributed by atoms with Gasteiger partial charge in [-0.25, -0.2) is 4.79 Å². The summed E-state index contributed by atoms with van der Waals surface area (Å²) in [7, 11) is -2.80. The fraction of sp³-hybridized carbons (Fsp3) is 0.136. The lowest BCUT2D eigenvalue weighted by molar-refractivity contribution is 0.0595. The van der Waals surface area contributed by atoms with E-state index in [2.05, 4.69) is 0 Å². The van der Waals surface area contributed by atoms with Gasteiger partial charge in [-0.2, -0.15) is 8.42 Å². The maximum Gasteiger partial charge on any atom is 0.341 e. The van der Waals surface area contributed by atoms with Crippen LogP contribution in [0.15, 0.2) is 77.7 Å². The fourth-order valence-electron chi connectivity index (χ4n) is 2.57. The summed E-state index contributed by atoms with van der Waals surface area (Å²) in [6.07, 6.45) is 0. The van der Waals surface area contributed by atoms with Gasteiger partial charge in [0.15, 0.2) is 0 Å². The zero-order valence-electron chi connectivity index (χ0n) is 16.0. The van der Waals surface area contributed by atoms with E-state index in [1.54, 1.807) is 12.1 Å². The summed E-state index contributed by atoms with van der Waals surface area (Å²) in [5.74, 6) is -0.412. The fourth-order valence-corrected chi connectivity index (χ4v) is 3.49. The number of hydrogen-bond acceptors (Lipinski definition) is 6. The van der Waals surface area contributed by atoms with Gasteiger partial charge in [0.2, 0.25) is 0 Å². The summed E-state index contributed by atoms with van der Waals surface area (Å²) in [4.78, 5) is 12.2. The van der Waals surface area contributed by atoms with E-state index >= 15 is 0 Å². The zero-order valence-corrected chi connectivity index (χ0v) is 16.8. The highest BCUT2D eigenvalue weighted by Crippen LogP contribution is 2.28. The predicted octanol–water partition coefficient (Wildman–Crippen LogP) is 4.13. The van der Waals surface area contributed by atoms with Crippen molar-refractivity contribution in [2.45, 2.75) is 18.4 Å². The van der Waals surface area contributed by atoms with Gasteiger partial charge < -0.3 is 13.7 Å². The third-order valence-corrected chi connectivity index (χ3v) is 5.37. The Bertz CT molecular complexity index is 1090. The molecule has 0 amide bonds. The highest BCUT2D eigenvalue weighted by Gasteiger charge is 2.20. The molecule has 0 heterocycles. The summed E-state index contributed by atoms with van der Waals surface area (Å²) >= 11 is 0. The van der Waals surface area contributed by atoms with Crippen molar-refractivity contribution in [3.05, 3.63) is 89.5 Å². The van der Waals surface area contributed by atoms with Gasteiger partial charge in [0.1, 0.15) is 28.6 Å². The minimum atomic E-state index is -4.04. The number of carbonyl (C=O) groups excluding carboxylic acids is 1. The van der Waals surface area contributed by atoms with Gasteiger partial charge in [0, 0.05) is 6.07 Å². The molecule has 0 unspecified atom stereocenters. The standard InChI is InChI=1S/C22H20O6S/c1-16-8-11-19(12-9-16)29(24,25)28-18-10-13-21(20(14-18)22(23)26-2)27-15-17-6-4-3-5-7-17/h3-14H,15H2,1-2H3. The van der Waals surface area contributed by atoms with Crippen molar-refractivity contribution in [2.24, 2.45) is 0 Å². The van der Waals surface area contributed by atoms with Crippen LogP contribution in [0.3, 0.4) is 0 Å². The van der Waals surface area contributed by atoms with Crippen LogP contribution in [-0.4, -0.2) is 21.5 Å². The van der Waals surface area contributed by atoms with Crippen LogP contribution in [0.5, 0.6) is 11.5 Å². The normalized spacial score (nSPS) is 11.0. The highest BCUT2D eigenvalue weighted by molar-refractivity contribution is 7.87. The van der Waals surface area contributed by atoms with Gasteiger partial charge in [0.05, 0.1) is 7.11 Å². The molecule has 0 saturated heterocycles. The molecule has 29 heavy (non-hydrogen) atoms. The van der Waals surface area contributed by atoms with Gasteiger partial charge in [-0.15, -0.1) is 0 Å². The number of esters is 1. The second-order valence-electron chi connectivity index (χ2n) is 6.27. The lowest BCUT2D eigenvalue weighted by atomic mass is 10.2. The Hall–Kier alpha value is -3.32. The first-order chi connectivity index (χ1) is 13.9. The molecule has 0 bridgehead atoms. The minimum absolute atomic E-state index is 0.0157. The summed E-state index contributed by atoms with van der Waals surface area (Å²) < 4.78 is 40.7. The maximum absolute atomic E-state index is 12.5. The largest absolute Gasteiger partial charge is 0.488 e. The molecule has 0 saturated carbocycles. The number of methoxy groups -OCH3 is 1. The molecule has 6 nitrogen and oxygen atoms in total. The Balaban J connectivity index is 1.85. The average molecular weight is 412 g/mol. The zero-order chi connectivity index (χ0) is 20.9. The van der Waals surface area contributed by atoms with Crippen LogP contribution in [0, 0.1) is 6.92 Å². The smallest absolute Gasteiger partial charge is 0.341 e. The van der Waals surface area contributed by atoms with Crippen molar-refractivity contribution < 1.29 is 26.9 Å². The van der Waals surface area contributed by atoms with E-state index in [-0.39, 0.29) is 28.6 Å². The third kappa shape index (κ3) is 5.14. The van der Waals surface area contributed by atoms with Crippen molar-refractivity contribution in [1.82, 2.24) is 0 Å². The van der Waals surface area contributed by atoms with E-state index in [1.165, 1.54) is 37.4 Å². The van der Waals surface area contributed by atoms with E-state index in [1.807, 2.05) is 37.3 Å². The molecule has 0 atom stereocenters. The van der Waals surface area contributed by atoms with E-state index in [0.29, 0.717) is 0 Å². The second-order valence-corrected chi connectivity index (χ2v) is 7.82. The summed E-state index contributed by atoms with van der Waals surface area (Å²) in [6.45, 7) is 2.10. The van der Waals surface area contributed by atoms with Crippen LogP contribution >= 0.6 is 0 Å². The van der Waals surface area contributed by atoms with Crippen molar-refractivity contribution in [3.63, 3.8) is 0 Å². The lowest BCUT2D eigenvalue weighted by Crippen LogP contribution is -2.11. The van der Waals surface area contributed by atoms with Crippen LogP contribution in [-0.2, 0) is 21.5 Å². The van der Waals surface area contributed by atoms with Crippen molar-refractivity contribution in [3.8, 4) is 11.5 Å². The number of hydrogen-bond donors (Lipinski definition) is 0. The van der Waals surface area contributed by atoms with Gasteiger partial charge in [-0.3, -0.25) is 0 Å². The van der Waals surface area contributed by atoms with Crippen LogP contribution in [0.2, 0.25) is 0 Å². The molecule has 3 aromatic carbocycles. The van der Waals surface area contributed by atoms with E-state index < -0.39 is 16.1 Å². The average Bonchev–Trinajstić information content (AvgIpc) is 2.73. The monoisotopic (exact) mass is 412 g/mol. The summed E-state index contributed by atoms with van der Waals surface area (Å²) in [5.41, 5.74) is 1.92. The molecule has 0 radical (unpaired) electrons. The second kappa shape index (κ2) is 8.79. The first kappa shape index (κ1) is 20.4. The Morgan fingerprint density at radius 3 is 2.28 bits per heavy atom. The number of rotatable bonds is 7. The molecule has 7 heteroatoms. The molecule has 0 N–H and O–H groups in total. The molecule has 0 fully saturated rings. The number of ether oxygens (including phenoxy) is 2. The van der Waals surface area contributed by atoms with Crippen molar-refractivity contribution in [1.29, 1.82) is 0 Å². The molecule has 0 aliphatic carbocycles. The van der Waals surface area contributed by atoms with Gasteiger partial charge in [0.25, 0.3) is 0 Å². The molecule has 0 aromatic heterocycles. The SMILES string of the molecule is COC(=O)c1cc(OS(=O)(=O)c2ccc(C)cc2)ccc1OCc1ccccc1. The lowest BCUT2D eigenvalue weighted by Gasteiger charge is -2.13. The number of aryl methyl sites for hydroxylation is 1. The van der Waals surface area contributed by atoms with Crippen LogP contribution in [0.4, 0.5) is 0 Å². The van der Waals surface area contributed by atoms with Crippen molar-refractivity contribution in [2.75, 3.05) is 7.11 Å². The Morgan fingerprint density at radius 2 is 1.62 bits per heavy atom. The summed E-state index contributed by atoms with van der Waals surface area (Å²) in [5, 5.41) is 0. The van der Waals surface area contributed by atoms with E-state index in [0.717, 1.165) is 11.1 Å². The third-order valence-electron chi connectivity index (χ3n) is 4.11. The van der Waals surface area contributed by atoms with Gasteiger partial charge in [-0.05, 0) is 36.8 Å². The molecule has 0 spiro atoms. The first-order valence-corrected chi connectivity index (χ1v) is 10.2. The Morgan fingerprint density at radius 1 is 0.931 bits per heavy atom. The molecule has 150 valence electrons. The number of carbonyl (C=O) groups is 1.